The fraction of sp³-hybridized carbons (Fsp3) is 0.250. The topological polar surface area (TPSA) is 51.1 Å². The number of halogens is 1. The maximum absolute atomic E-state index is 12.0. The van der Waals surface area contributed by atoms with Crippen LogP contribution in [-0.2, 0) is 11.3 Å². The van der Waals surface area contributed by atoms with Gasteiger partial charge in [0.2, 0.25) is 5.91 Å². The first kappa shape index (κ1) is 15.3. The summed E-state index contributed by atoms with van der Waals surface area (Å²) < 4.78 is 1.75. The SMILES string of the molecule is Cc1cc(C)c(NC(=O)CCn2cccc2C=O)c(Cl)c1. The number of hydrogen-bond donors (Lipinski definition) is 1. The third-order valence-electron chi connectivity index (χ3n) is 3.26. The summed E-state index contributed by atoms with van der Waals surface area (Å²) in [5.41, 5.74) is 3.20. The molecule has 1 heterocycles. The van der Waals surface area contributed by atoms with E-state index in [1.165, 1.54) is 0 Å². The number of carbonyl (C=O) groups excluding carboxylic acids is 2. The predicted molar refractivity (Wildman–Crippen MR) is 84.0 cm³/mol. The number of rotatable bonds is 5. The molecule has 0 saturated heterocycles. The Labute approximate surface area is 128 Å². The zero-order valence-corrected chi connectivity index (χ0v) is 12.8. The molecule has 0 aliphatic carbocycles. The van der Waals surface area contributed by atoms with E-state index >= 15 is 0 Å². The molecule has 0 spiro atoms. The van der Waals surface area contributed by atoms with Gasteiger partial charge in [-0.2, -0.15) is 0 Å². The average Bonchev–Trinajstić information content (AvgIpc) is 2.88. The molecule has 4 nitrogen and oxygen atoms in total. The van der Waals surface area contributed by atoms with Gasteiger partial charge in [-0.25, -0.2) is 0 Å². The van der Waals surface area contributed by atoms with Crippen molar-refractivity contribution < 1.29 is 9.59 Å². The minimum atomic E-state index is -0.130. The van der Waals surface area contributed by atoms with E-state index in [0.717, 1.165) is 17.4 Å². The fourth-order valence-corrected chi connectivity index (χ4v) is 2.60. The van der Waals surface area contributed by atoms with Crippen LogP contribution in [-0.4, -0.2) is 16.8 Å². The van der Waals surface area contributed by atoms with Crippen LogP contribution in [0.1, 0.15) is 28.0 Å². The summed E-state index contributed by atoms with van der Waals surface area (Å²) in [5, 5.41) is 3.37. The number of hydrogen-bond acceptors (Lipinski definition) is 2. The molecule has 21 heavy (non-hydrogen) atoms. The Morgan fingerprint density at radius 3 is 2.81 bits per heavy atom. The second-order valence-electron chi connectivity index (χ2n) is 4.98. The number of carbonyl (C=O) groups is 2. The highest BCUT2D eigenvalue weighted by molar-refractivity contribution is 6.34. The van der Waals surface area contributed by atoms with E-state index in [9.17, 15) is 9.59 Å². The number of nitrogens with one attached hydrogen (secondary N) is 1. The lowest BCUT2D eigenvalue weighted by Crippen LogP contribution is -2.16. The van der Waals surface area contributed by atoms with E-state index in [1.807, 2.05) is 26.0 Å². The van der Waals surface area contributed by atoms with Crippen LogP contribution in [0.25, 0.3) is 0 Å². The van der Waals surface area contributed by atoms with Gasteiger partial charge >= 0.3 is 0 Å². The van der Waals surface area contributed by atoms with Crippen molar-refractivity contribution >= 4 is 29.5 Å². The molecule has 0 atom stereocenters. The quantitative estimate of drug-likeness (QED) is 0.858. The molecule has 2 rings (SSSR count). The molecule has 1 aromatic heterocycles. The molecular formula is C16H17ClN2O2. The van der Waals surface area contributed by atoms with Gasteiger partial charge < -0.3 is 9.88 Å². The lowest BCUT2D eigenvalue weighted by Gasteiger charge is -2.12. The summed E-state index contributed by atoms with van der Waals surface area (Å²) in [6, 6.07) is 7.28. The molecule has 1 N–H and O–H groups in total. The van der Waals surface area contributed by atoms with Gasteiger partial charge in [0, 0.05) is 19.2 Å². The number of aryl methyl sites for hydroxylation is 3. The van der Waals surface area contributed by atoms with Gasteiger partial charge in [0.25, 0.3) is 0 Å². The molecule has 1 amide bonds. The Kier molecular flexibility index (Phi) is 4.81. The first-order chi connectivity index (χ1) is 10.0. The number of aromatic nitrogens is 1. The molecule has 0 bridgehead atoms. The first-order valence-corrected chi connectivity index (χ1v) is 7.06. The first-order valence-electron chi connectivity index (χ1n) is 6.68. The highest BCUT2D eigenvalue weighted by Crippen LogP contribution is 2.27. The zero-order valence-electron chi connectivity index (χ0n) is 12.0. The Bertz CT molecular complexity index is 654. The molecule has 0 fully saturated rings. The molecular weight excluding hydrogens is 288 g/mol. The van der Waals surface area contributed by atoms with E-state index < -0.39 is 0 Å². The molecule has 1 aromatic carbocycles. The van der Waals surface area contributed by atoms with E-state index in [4.69, 9.17) is 11.6 Å². The van der Waals surface area contributed by atoms with Crippen LogP contribution >= 0.6 is 11.6 Å². The Morgan fingerprint density at radius 1 is 1.38 bits per heavy atom. The summed E-state index contributed by atoms with van der Waals surface area (Å²) >= 11 is 6.16. The summed E-state index contributed by atoms with van der Waals surface area (Å²) in [7, 11) is 0. The van der Waals surface area contributed by atoms with Crippen LogP contribution in [0.5, 0.6) is 0 Å². The molecule has 5 heteroatoms. The van der Waals surface area contributed by atoms with Crippen LogP contribution in [0.15, 0.2) is 30.5 Å². The van der Waals surface area contributed by atoms with E-state index in [1.54, 1.807) is 22.9 Å². The summed E-state index contributed by atoms with van der Waals surface area (Å²) in [5.74, 6) is -0.130. The monoisotopic (exact) mass is 304 g/mol. The van der Waals surface area contributed by atoms with Crippen molar-refractivity contribution in [2.24, 2.45) is 0 Å². The standard InChI is InChI=1S/C16H17ClN2O2/c1-11-8-12(2)16(14(17)9-11)18-15(21)5-7-19-6-3-4-13(19)10-20/h3-4,6,8-10H,5,7H2,1-2H3,(H,18,21). The predicted octanol–water partition coefficient (Wildman–Crippen LogP) is 3.60. The zero-order chi connectivity index (χ0) is 15.4. The third-order valence-corrected chi connectivity index (χ3v) is 3.56. The molecule has 0 unspecified atom stereocenters. The maximum atomic E-state index is 12.0. The van der Waals surface area contributed by atoms with Crippen molar-refractivity contribution in [2.45, 2.75) is 26.8 Å². The average molecular weight is 305 g/mol. The van der Waals surface area contributed by atoms with Crippen LogP contribution in [0.4, 0.5) is 5.69 Å². The Morgan fingerprint density at radius 2 is 2.14 bits per heavy atom. The van der Waals surface area contributed by atoms with Crippen molar-refractivity contribution in [2.75, 3.05) is 5.32 Å². The van der Waals surface area contributed by atoms with Crippen molar-refractivity contribution in [3.8, 4) is 0 Å². The fourth-order valence-electron chi connectivity index (χ4n) is 2.24. The number of amides is 1. The van der Waals surface area contributed by atoms with Crippen molar-refractivity contribution in [1.29, 1.82) is 0 Å². The van der Waals surface area contributed by atoms with Gasteiger partial charge in [-0.05, 0) is 43.2 Å². The highest BCUT2D eigenvalue weighted by Gasteiger charge is 2.10. The van der Waals surface area contributed by atoms with Crippen molar-refractivity contribution in [1.82, 2.24) is 4.57 Å². The van der Waals surface area contributed by atoms with Gasteiger partial charge in [0.05, 0.1) is 16.4 Å². The van der Waals surface area contributed by atoms with Crippen molar-refractivity contribution in [3.05, 3.63) is 52.3 Å². The van der Waals surface area contributed by atoms with Gasteiger partial charge in [0.1, 0.15) is 0 Å². The normalized spacial score (nSPS) is 10.4. The Balaban J connectivity index is 2.01. The number of anilines is 1. The smallest absolute Gasteiger partial charge is 0.226 e. The van der Waals surface area contributed by atoms with Gasteiger partial charge in [-0.3, -0.25) is 9.59 Å². The van der Waals surface area contributed by atoms with Crippen LogP contribution in [0.3, 0.4) is 0 Å². The van der Waals surface area contributed by atoms with Crippen molar-refractivity contribution in [3.63, 3.8) is 0 Å². The van der Waals surface area contributed by atoms with Gasteiger partial charge in [-0.15, -0.1) is 0 Å². The van der Waals surface area contributed by atoms with E-state index in [2.05, 4.69) is 5.32 Å². The number of benzene rings is 1. The van der Waals surface area contributed by atoms with Crippen LogP contribution in [0.2, 0.25) is 5.02 Å². The lowest BCUT2D eigenvalue weighted by molar-refractivity contribution is -0.116. The van der Waals surface area contributed by atoms with E-state index in [0.29, 0.717) is 22.9 Å². The maximum Gasteiger partial charge on any atom is 0.226 e. The second kappa shape index (κ2) is 6.59. The number of aldehydes is 1. The summed E-state index contributed by atoms with van der Waals surface area (Å²) in [6.45, 7) is 4.32. The molecule has 0 aliphatic heterocycles. The third kappa shape index (κ3) is 3.73. The minimum absolute atomic E-state index is 0.130. The van der Waals surface area contributed by atoms with Gasteiger partial charge in [-0.1, -0.05) is 17.7 Å². The molecule has 0 radical (unpaired) electrons. The number of nitrogens with zero attached hydrogens (tertiary/aromatic N) is 1. The molecule has 0 aliphatic rings. The van der Waals surface area contributed by atoms with E-state index in [-0.39, 0.29) is 12.3 Å². The second-order valence-corrected chi connectivity index (χ2v) is 5.39. The Hall–Kier alpha value is -2.07. The minimum Gasteiger partial charge on any atom is -0.345 e. The summed E-state index contributed by atoms with van der Waals surface area (Å²) in [4.78, 5) is 22.8. The largest absolute Gasteiger partial charge is 0.345 e. The summed E-state index contributed by atoms with van der Waals surface area (Å²) in [6.07, 6.45) is 2.83. The lowest BCUT2D eigenvalue weighted by atomic mass is 10.1. The van der Waals surface area contributed by atoms with Gasteiger partial charge in [0.15, 0.2) is 6.29 Å². The van der Waals surface area contributed by atoms with Crippen LogP contribution < -0.4 is 5.32 Å². The van der Waals surface area contributed by atoms with Crippen LogP contribution in [0, 0.1) is 13.8 Å². The molecule has 110 valence electrons. The molecule has 0 saturated carbocycles. The highest BCUT2D eigenvalue weighted by atomic mass is 35.5. The molecule has 2 aromatic rings.